The predicted octanol–water partition coefficient (Wildman–Crippen LogP) is 0.0929. The number of amidine groups is 1. The van der Waals surface area contributed by atoms with Crippen LogP contribution in [0.15, 0.2) is 39.1 Å². The lowest BCUT2D eigenvalue weighted by Crippen LogP contribution is -2.50. The molecule has 0 spiro atoms. The number of nitro groups is 1. The van der Waals surface area contributed by atoms with Gasteiger partial charge in [-0.15, -0.1) is 0 Å². The van der Waals surface area contributed by atoms with Gasteiger partial charge >= 0.3 is 11.6 Å². The van der Waals surface area contributed by atoms with Crippen molar-refractivity contribution in [1.29, 1.82) is 0 Å². The Balaban J connectivity index is 2.47. The van der Waals surface area contributed by atoms with Crippen LogP contribution in [0.4, 0.5) is 0 Å². The third kappa shape index (κ3) is 4.32. The zero-order valence-corrected chi connectivity index (χ0v) is 16.9. The Kier molecular flexibility index (Phi) is 6.13. The summed E-state index contributed by atoms with van der Waals surface area (Å²) in [6.45, 7) is 3.46. The normalized spacial score (nSPS) is 20.3. The molecule has 1 aliphatic rings. The lowest BCUT2D eigenvalue weighted by Gasteiger charge is -2.35. The molecule has 0 fully saturated rings. The first-order chi connectivity index (χ1) is 12.9. The number of nitrogens with two attached hydrogens (primary N) is 3. The van der Waals surface area contributed by atoms with Crippen molar-refractivity contribution in [2.24, 2.45) is 26.6 Å². The van der Waals surface area contributed by atoms with Crippen molar-refractivity contribution < 1.29 is 13.3 Å². The molecule has 1 aromatic rings. The van der Waals surface area contributed by atoms with Crippen molar-refractivity contribution in [3.63, 3.8) is 0 Å². The van der Waals surface area contributed by atoms with Gasteiger partial charge in [0.25, 0.3) is 0 Å². The van der Waals surface area contributed by atoms with Crippen LogP contribution in [0.3, 0.4) is 0 Å². The molecule has 0 radical (unpaired) electrons. The molecule has 0 saturated carbocycles. The number of sulfonamides is 1. The Bertz CT molecular complexity index is 959. The van der Waals surface area contributed by atoms with E-state index in [1.807, 2.05) is 0 Å². The summed E-state index contributed by atoms with van der Waals surface area (Å²) in [6.07, 6.45) is 0.179. The second kappa shape index (κ2) is 7.87. The molecule has 13 heteroatoms. The molecule has 28 heavy (non-hydrogen) atoms. The molecule has 0 bridgehead atoms. The quantitative estimate of drug-likeness (QED) is 0.324. The minimum atomic E-state index is -3.83. The van der Waals surface area contributed by atoms with E-state index < -0.39 is 26.8 Å². The van der Waals surface area contributed by atoms with Crippen LogP contribution in [-0.4, -0.2) is 47.2 Å². The minimum absolute atomic E-state index is 0.0469. The van der Waals surface area contributed by atoms with Crippen molar-refractivity contribution in [3.05, 3.63) is 39.9 Å². The fourth-order valence-electron chi connectivity index (χ4n) is 3.01. The van der Waals surface area contributed by atoms with Crippen molar-refractivity contribution in [2.75, 3.05) is 6.54 Å². The Morgan fingerprint density at radius 3 is 2.36 bits per heavy atom. The van der Waals surface area contributed by atoms with Crippen LogP contribution in [0.25, 0.3) is 0 Å². The van der Waals surface area contributed by atoms with Gasteiger partial charge in [0.1, 0.15) is 5.71 Å². The summed E-state index contributed by atoms with van der Waals surface area (Å²) in [5.74, 6) is -1.82. The van der Waals surface area contributed by atoms with Gasteiger partial charge in [-0.25, -0.2) is 18.5 Å². The van der Waals surface area contributed by atoms with Crippen molar-refractivity contribution in [2.45, 2.75) is 37.0 Å². The fourth-order valence-corrected chi connectivity index (χ4v) is 3.85. The lowest BCUT2D eigenvalue weighted by atomic mass is 10.1. The lowest BCUT2D eigenvalue weighted by molar-refractivity contribution is -0.346. The molecule has 11 nitrogen and oxygen atoms in total. The van der Waals surface area contributed by atoms with E-state index in [-0.39, 0.29) is 34.5 Å². The van der Waals surface area contributed by atoms with E-state index in [0.29, 0.717) is 5.56 Å². The first kappa shape index (κ1) is 21.8. The molecule has 1 aromatic carbocycles. The van der Waals surface area contributed by atoms with Gasteiger partial charge in [-0.2, -0.15) is 0 Å². The highest BCUT2D eigenvalue weighted by atomic mass is 32.2. The van der Waals surface area contributed by atoms with Crippen LogP contribution in [0, 0.1) is 10.1 Å². The Hall–Kier alpha value is -2.48. The average molecular weight is 428 g/mol. The van der Waals surface area contributed by atoms with E-state index in [2.05, 4.69) is 9.98 Å². The molecule has 0 amide bonds. The van der Waals surface area contributed by atoms with E-state index >= 15 is 0 Å². The molecule has 2 rings (SSSR count). The van der Waals surface area contributed by atoms with Gasteiger partial charge in [0.15, 0.2) is 5.11 Å². The first-order valence-corrected chi connectivity index (χ1v) is 10.1. The standard InChI is InChI=1S/C15H21N7O4S2/c1-9(10-3-5-11(6-4-10)28(18,25)26)21(14(17)27)15(2)19-12(7-8-16)13(20-15)22(23)24/h3-6,9H,7-8,16H2,1-2H3,(H2,17,27)(H2,18,25,26). The summed E-state index contributed by atoms with van der Waals surface area (Å²) in [5, 5.41) is 16.4. The maximum Gasteiger partial charge on any atom is 0.384 e. The fraction of sp³-hybridized carbons (Fsp3) is 0.400. The third-order valence-corrected chi connectivity index (χ3v) is 5.37. The van der Waals surface area contributed by atoms with Gasteiger partial charge in [0.05, 0.1) is 10.9 Å². The maximum atomic E-state index is 11.4. The molecule has 1 aliphatic heterocycles. The molecule has 0 saturated heterocycles. The monoisotopic (exact) mass is 427 g/mol. The van der Waals surface area contributed by atoms with Crippen LogP contribution in [-0.2, 0) is 10.0 Å². The number of hydrogen-bond donors (Lipinski definition) is 3. The van der Waals surface area contributed by atoms with Crippen molar-refractivity contribution in [1.82, 2.24) is 4.90 Å². The molecule has 0 aromatic heterocycles. The van der Waals surface area contributed by atoms with Crippen molar-refractivity contribution >= 4 is 38.9 Å². The number of aliphatic imine (C=N–C) groups is 2. The van der Waals surface area contributed by atoms with Crippen molar-refractivity contribution in [3.8, 4) is 0 Å². The van der Waals surface area contributed by atoms with Crippen LogP contribution in [0.2, 0.25) is 0 Å². The van der Waals surface area contributed by atoms with E-state index in [1.54, 1.807) is 26.0 Å². The van der Waals surface area contributed by atoms with Crippen LogP contribution >= 0.6 is 12.2 Å². The molecule has 152 valence electrons. The molecule has 1 heterocycles. The summed E-state index contributed by atoms with van der Waals surface area (Å²) in [7, 11) is -3.83. The van der Waals surface area contributed by atoms with Gasteiger partial charge in [-0.05, 0) is 53.3 Å². The zero-order chi connectivity index (χ0) is 21.3. The average Bonchev–Trinajstić information content (AvgIpc) is 2.91. The highest BCUT2D eigenvalue weighted by molar-refractivity contribution is 7.89. The number of hydrogen-bond acceptors (Lipinski definition) is 8. The Morgan fingerprint density at radius 2 is 1.93 bits per heavy atom. The second-order valence-electron chi connectivity index (χ2n) is 6.26. The van der Waals surface area contributed by atoms with Crippen LogP contribution < -0.4 is 16.6 Å². The highest BCUT2D eigenvalue weighted by Gasteiger charge is 2.48. The summed E-state index contributed by atoms with van der Waals surface area (Å²) < 4.78 is 22.9. The number of nitrogens with zero attached hydrogens (tertiary/aromatic N) is 4. The number of benzene rings is 1. The summed E-state index contributed by atoms with van der Waals surface area (Å²) in [4.78, 5) is 20.6. The molecule has 2 atom stereocenters. The van der Waals surface area contributed by atoms with Gasteiger partial charge in [-0.3, -0.25) is 4.90 Å². The van der Waals surface area contributed by atoms with Crippen LogP contribution in [0.5, 0.6) is 0 Å². The number of primary sulfonamides is 1. The molecular formula is C15H21N7O4S2. The molecule has 2 unspecified atom stereocenters. The second-order valence-corrected chi connectivity index (χ2v) is 8.24. The summed E-state index contributed by atoms with van der Waals surface area (Å²) in [6, 6.07) is 5.29. The summed E-state index contributed by atoms with van der Waals surface area (Å²) in [5.41, 5.74) is 12.2. The van der Waals surface area contributed by atoms with E-state index in [1.165, 1.54) is 17.0 Å². The smallest absolute Gasteiger partial charge is 0.376 e. The van der Waals surface area contributed by atoms with Crippen LogP contribution in [0.1, 0.15) is 31.9 Å². The topological polar surface area (TPSA) is 183 Å². The van der Waals surface area contributed by atoms with Gasteiger partial charge in [0.2, 0.25) is 10.0 Å². The third-order valence-electron chi connectivity index (χ3n) is 4.25. The van der Waals surface area contributed by atoms with Gasteiger partial charge < -0.3 is 21.6 Å². The Morgan fingerprint density at radius 1 is 1.36 bits per heavy atom. The highest BCUT2D eigenvalue weighted by Crippen LogP contribution is 2.33. The number of rotatable bonds is 6. The Labute approximate surface area is 167 Å². The first-order valence-electron chi connectivity index (χ1n) is 8.15. The largest absolute Gasteiger partial charge is 0.384 e. The minimum Gasteiger partial charge on any atom is -0.376 e. The zero-order valence-electron chi connectivity index (χ0n) is 15.3. The van der Waals surface area contributed by atoms with Gasteiger partial charge in [0, 0.05) is 13.3 Å². The molecule has 0 aliphatic carbocycles. The molecule has 6 N–H and O–H groups in total. The van der Waals surface area contributed by atoms with E-state index in [0.717, 1.165) is 0 Å². The van der Waals surface area contributed by atoms with E-state index in [4.69, 9.17) is 28.8 Å². The SMILES string of the molecule is CC(c1ccc(S(N)(=O)=O)cc1)N(C(N)=S)C1(C)N=C(CCN)C([N+](=O)[O-])=N1. The van der Waals surface area contributed by atoms with E-state index in [9.17, 15) is 18.5 Å². The number of thiocarbonyl (C=S) groups is 1. The summed E-state index contributed by atoms with van der Waals surface area (Å²) >= 11 is 5.15. The predicted molar refractivity (Wildman–Crippen MR) is 109 cm³/mol. The molecular weight excluding hydrogens is 406 g/mol. The van der Waals surface area contributed by atoms with Gasteiger partial charge in [-0.1, -0.05) is 12.1 Å². The maximum absolute atomic E-state index is 11.4.